The average Bonchev–Trinajstić information content (AvgIpc) is 2.88. The molecule has 1 aliphatic carbocycles. The van der Waals surface area contributed by atoms with Gasteiger partial charge in [-0.25, -0.2) is 27.3 Å². The Hall–Kier alpha value is -1.90. The molecular formula is C18H16F2N2O2S2. The third kappa shape index (κ3) is 2.72. The normalized spacial score (nSPS) is 21.9. The van der Waals surface area contributed by atoms with Gasteiger partial charge in [-0.15, -0.1) is 11.3 Å². The highest BCUT2D eigenvalue weighted by Gasteiger charge is 2.60. The van der Waals surface area contributed by atoms with Crippen molar-refractivity contribution in [2.75, 3.05) is 0 Å². The molecule has 26 heavy (non-hydrogen) atoms. The molecule has 0 bridgehead atoms. The van der Waals surface area contributed by atoms with E-state index in [1.54, 1.807) is 12.1 Å². The molecule has 2 unspecified atom stereocenters. The van der Waals surface area contributed by atoms with E-state index in [-0.39, 0.29) is 27.7 Å². The van der Waals surface area contributed by atoms with Crippen LogP contribution in [-0.4, -0.2) is 13.4 Å². The van der Waals surface area contributed by atoms with Crippen molar-refractivity contribution in [3.05, 3.63) is 58.6 Å². The zero-order valence-corrected chi connectivity index (χ0v) is 15.7. The monoisotopic (exact) mass is 394 g/mol. The summed E-state index contributed by atoms with van der Waals surface area (Å²) in [6.07, 6.45) is 0. The van der Waals surface area contributed by atoms with Crippen molar-refractivity contribution >= 4 is 31.6 Å². The predicted molar refractivity (Wildman–Crippen MR) is 96.6 cm³/mol. The summed E-state index contributed by atoms with van der Waals surface area (Å²) in [6.45, 7) is 4.16. The molecule has 1 fully saturated rings. The second-order valence-corrected chi connectivity index (χ2v) is 9.80. The molecule has 4 nitrogen and oxygen atoms in total. The van der Waals surface area contributed by atoms with E-state index in [0.29, 0.717) is 4.70 Å². The largest absolute Gasteiger partial charge is 0.238 e. The van der Waals surface area contributed by atoms with E-state index in [1.165, 1.54) is 29.5 Å². The van der Waals surface area contributed by atoms with Crippen molar-refractivity contribution in [1.82, 2.24) is 4.98 Å². The first kappa shape index (κ1) is 17.5. The number of halogens is 2. The minimum Gasteiger partial charge on any atom is -0.238 e. The number of aromatic nitrogens is 1. The molecule has 0 radical (unpaired) electrons. The Balaban J connectivity index is 1.71. The molecule has 1 saturated carbocycles. The number of primary sulfonamides is 1. The molecule has 2 atom stereocenters. The van der Waals surface area contributed by atoms with E-state index < -0.39 is 21.7 Å². The van der Waals surface area contributed by atoms with Gasteiger partial charge in [-0.2, -0.15) is 0 Å². The topological polar surface area (TPSA) is 73.1 Å². The van der Waals surface area contributed by atoms with Crippen LogP contribution in [-0.2, 0) is 10.0 Å². The number of fused-ring (bicyclic) bond motifs is 1. The van der Waals surface area contributed by atoms with Gasteiger partial charge in [0.05, 0.1) is 14.6 Å². The third-order valence-corrected chi connectivity index (χ3v) is 7.11. The lowest BCUT2D eigenvalue weighted by Crippen LogP contribution is -2.11. The zero-order chi connectivity index (χ0) is 18.9. The molecule has 0 spiro atoms. The van der Waals surface area contributed by atoms with Crippen LogP contribution in [0.1, 0.15) is 36.3 Å². The smallest absolute Gasteiger partial charge is 0.238 e. The van der Waals surface area contributed by atoms with Gasteiger partial charge < -0.3 is 0 Å². The highest BCUT2D eigenvalue weighted by Crippen LogP contribution is 2.70. The van der Waals surface area contributed by atoms with Gasteiger partial charge in [0.1, 0.15) is 11.3 Å². The molecule has 0 amide bonds. The fraction of sp³-hybridized carbons (Fsp3) is 0.278. The maximum absolute atomic E-state index is 13.9. The Morgan fingerprint density at radius 3 is 2.38 bits per heavy atom. The van der Waals surface area contributed by atoms with E-state index in [0.717, 1.165) is 16.6 Å². The van der Waals surface area contributed by atoms with Gasteiger partial charge in [0.15, 0.2) is 5.82 Å². The van der Waals surface area contributed by atoms with Crippen LogP contribution in [0.15, 0.2) is 41.3 Å². The third-order valence-electron chi connectivity index (χ3n) is 5.09. The fourth-order valence-corrected chi connectivity index (χ4v) is 5.55. The van der Waals surface area contributed by atoms with Crippen molar-refractivity contribution in [3.8, 4) is 0 Å². The van der Waals surface area contributed by atoms with Crippen LogP contribution in [0.25, 0.3) is 10.2 Å². The summed E-state index contributed by atoms with van der Waals surface area (Å²) in [5.74, 6) is -1.10. The number of hydrogen-bond donors (Lipinski definition) is 1. The zero-order valence-electron chi connectivity index (χ0n) is 14.0. The van der Waals surface area contributed by atoms with Crippen LogP contribution in [0, 0.1) is 17.0 Å². The second kappa shape index (κ2) is 5.55. The van der Waals surface area contributed by atoms with Crippen molar-refractivity contribution in [3.63, 3.8) is 0 Å². The summed E-state index contributed by atoms with van der Waals surface area (Å²) in [6, 6.07) is 8.62. The van der Waals surface area contributed by atoms with Gasteiger partial charge >= 0.3 is 0 Å². The van der Waals surface area contributed by atoms with Gasteiger partial charge in [-0.1, -0.05) is 26.0 Å². The molecule has 8 heteroatoms. The molecule has 1 aliphatic rings. The summed E-state index contributed by atoms with van der Waals surface area (Å²) < 4.78 is 50.7. The molecule has 3 aromatic rings. The number of thiazole rings is 1. The first-order valence-electron chi connectivity index (χ1n) is 7.97. The molecule has 4 rings (SSSR count). The molecule has 1 heterocycles. The second-order valence-electron chi connectivity index (χ2n) is 7.18. The maximum atomic E-state index is 13.9. The molecule has 1 aromatic heterocycles. The Kier molecular flexibility index (Phi) is 3.74. The number of benzene rings is 2. The lowest BCUT2D eigenvalue weighted by atomic mass is 10.0. The summed E-state index contributed by atoms with van der Waals surface area (Å²) in [4.78, 5) is 4.47. The highest BCUT2D eigenvalue weighted by atomic mass is 32.2. The SMILES string of the molecule is CC1(C)C(c2ccc(S(N)(=O)=O)cc2)C1c1nc2c(F)cc(F)cc2s1. The lowest BCUT2D eigenvalue weighted by molar-refractivity contribution is 0.589. The van der Waals surface area contributed by atoms with Crippen LogP contribution in [0.3, 0.4) is 0 Å². The van der Waals surface area contributed by atoms with Crippen molar-refractivity contribution in [2.45, 2.75) is 30.6 Å². The van der Waals surface area contributed by atoms with E-state index >= 15 is 0 Å². The van der Waals surface area contributed by atoms with Crippen molar-refractivity contribution < 1.29 is 17.2 Å². The Labute approximate surface area is 153 Å². The Bertz CT molecular complexity index is 1120. The molecule has 0 saturated heterocycles. The maximum Gasteiger partial charge on any atom is 0.238 e. The average molecular weight is 394 g/mol. The number of nitrogens with two attached hydrogens (primary N) is 1. The first-order chi connectivity index (χ1) is 12.1. The van der Waals surface area contributed by atoms with Crippen molar-refractivity contribution in [1.29, 1.82) is 0 Å². The van der Waals surface area contributed by atoms with E-state index in [4.69, 9.17) is 5.14 Å². The Morgan fingerprint density at radius 2 is 1.77 bits per heavy atom. The fourth-order valence-electron chi connectivity index (χ4n) is 3.69. The standard InChI is InChI=1S/C18H16F2N2O2S2/c1-18(2)14(9-3-5-11(6-4-9)26(21,23)24)15(18)17-22-16-12(20)7-10(19)8-13(16)25-17/h3-8,14-15H,1-2H3,(H2,21,23,24). The van der Waals surface area contributed by atoms with E-state index in [9.17, 15) is 17.2 Å². The van der Waals surface area contributed by atoms with E-state index in [2.05, 4.69) is 18.8 Å². The van der Waals surface area contributed by atoms with Crippen LogP contribution in [0.2, 0.25) is 0 Å². The number of sulfonamides is 1. The number of hydrogen-bond acceptors (Lipinski definition) is 4. The molecular weight excluding hydrogens is 378 g/mol. The van der Waals surface area contributed by atoms with Gasteiger partial charge in [0.25, 0.3) is 0 Å². The van der Waals surface area contributed by atoms with Crippen LogP contribution >= 0.6 is 11.3 Å². The molecule has 0 aliphatic heterocycles. The summed E-state index contributed by atoms with van der Waals surface area (Å²) in [5.41, 5.74) is 1.04. The molecule has 2 N–H and O–H groups in total. The Morgan fingerprint density at radius 1 is 1.12 bits per heavy atom. The molecule has 136 valence electrons. The predicted octanol–water partition coefficient (Wildman–Crippen LogP) is 4.13. The quantitative estimate of drug-likeness (QED) is 0.726. The van der Waals surface area contributed by atoms with Crippen LogP contribution in [0.5, 0.6) is 0 Å². The van der Waals surface area contributed by atoms with Crippen molar-refractivity contribution in [2.24, 2.45) is 10.6 Å². The van der Waals surface area contributed by atoms with E-state index in [1.807, 2.05) is 0 Å². The number of nitrogens with zero attached hydrogens (tertiary/aromatic N) is 1. The first-order valence-corrected chi connectivity index (χ1v) is 10.3. The lowest BCUT2D eigenvalue weighted by Gasteiger charge is -2.04. The van der Waals surface area contributed by atoms with Gasteiger partial charge in [-0.05, 0) is 35.1 Å². The minimum atomic E-state index is -3.73. The summed E-state index contributed by atoms with van der Waals surface area (Å²) >= 11 is 1.30. The minimum absolute atomic E-state index is 0.0581. The highest BCUT2D eigenvalue weighted by molar-refractivity contribution is 7.89. The van der Waals surface area contributed by atoms with Crippen LogP contribution in [0.4, 0.5) is 8.78 Å². The van der Waals surface area contributed by atoms with Gasteiger partial charge in [-0.3, -0.25) is 0 Å². The number of rotatable bonds is 3. The van der Waals surface area contributed by atoms with Gasteiger partial charge in [0.2, 0.25) is 10.0 Å². The summed E-state index contributed by atoms with van der Waals surface area (Å²) in [5, 5.41) is 5.90. The molecule has 2 aromatic carbocycles. The summed E-state index contributed by atoms with van der Waals surface area (Å²) in [7, 11) is -3.73. The van der Waals surface area contributed by atoms with Gasteiger partial charge in [0, 0.05) is 12.0 Å². The van der Waals surface area contributed by atoms with Crippen LogP contribution < -0.4 is 5.14 Å².